The van der Waals surface area contributed by atoms with E-state index in [1.54, 1.807) is 0 Å². The fourth-order valence-corrected chi connectivity index (χ4v) is 4.36. The highest BCUT2D eigenvalue weighted by Crippen LogP contribution is 2.28. The van der Waals surface area contributed by atoms with Crippen LogP contribution in [0.3, 0.4) is 0 Å². The minimum Gasteiger partial charge on any atom is -0.310 e. The Morgan fingerprint density at radius 3 is 2.62 bits per heavy atom. The van der Waals surface area contributed by atoms with E-state index in [1.165, 1.54) is 0 Å². The van der Waals surface area contributed by atoms with Gasteiger partial charge in [-0.3, -0.25) is 4.79 Å². The van der Waals surface area contributed by atoms with Gasteiger partial charge in [-0.1, -0.05) is 0 Å². The summed E-state index contributed by atoms with van der Waals surface area (Å²) in [6.45, 7) is 6.11. The van der Waals surface area contributed by atoms with Gasteiger partial charge < -0.3 is 14.3 Å². The number of nitrogens with zero attached hydrogens (tertiary/aromatic N) is 4. The number of benzene rings is 1. The average molecular weight is 387 g/mol. The first-order chi connectivity index (χ1) is 14.0. The van der Waals surface area contributed by atoms with E-state index in [4.69, 9.17) is 4.98 Å². The molecule has 0 saturated carbocycles. The maximum Gasteiger partial charge on any atom is 0.258 e. The molecule has 0 amide bonds. The van der Waals surface area contributed by atoms with Crippen LogP contribution in [0.15, 0.2) is 41.5 Å². The van der Waals surface area contributed by atoms with Gasteiger partial charge in [-0.25, -0.2) is 9.97 Å². The Labute approximate surface area is 169 Å². The maximum atomic E-state index is 12.9. The summed E-state index contributed by atoms with van der Waals surface area (Å²) in [5.41, 5.74) is 5.77. The summed E-state index contributed by atoms with van der Waals surface area (Å²) < 4.78 is 2.02. The van der Waals surface area contributed by atoms with E-state index < -0.39 is 0 Å². The SMILES string of the molecule is Cc1cn2cc(-c3cc(C)c4nc(C5CCN(C)CC5)[nH]c(=O)c4c3)ccc2n1. The van der Waals surface area contributed by atoms with Crippen molar-refractivity contribution in [1.29, 1.82) is 0 Å². The number of rotatable bonds is 2. The lowest BCUT2D eigenvalue weighted by Crippen LogP contribution is -2.30. The molecule has 3 aromatic heterocycles. The van der Waals surface area contributed by atoms with Crippen molar-refractivity contribution < 1.29 is 0 Å². The van der Waals surface area contributed by atoms with Gasteiger partial charge in [0.2, 0.25) is 0 Å². The number of nitrogens with one attached hydrogen (secondary N) is 1. The summed E-state index contributed by atoms with van der Waals surface area (Å²) >= 11 is 0. The fourth-order valence-electron chi connectivity index (χ4n) is 4.36. The Morgan fingerprint density at radius 2 is 1.83 bits per heavy atom. The molecule has 0 unspecified atom stereocenters. The number of aromatic amines is 1. The Hall–Kier alpha value is -2.99. The number of H-pyrrole nitrogens is 1. The first-order valence-electron chi connectivity index (χ1n) is 10.2. The summed E-state index contributed by atoms with van der Waals surface area (Å²) in [5, 5.41) is 0.651. The molecule has 1 N–H and O–H groups in total. The first kappa shape index (κ1) is 18.1. The van der Waals surface area contributed by atoms with Crippen LogP contribution in [0.4, 0.5) is 0 Å². The van der Waals surface area contributed by atoms with Crippen LogP contribution < -0.4 is 5.56 Å². The quantitative estimate of drug-likeness (QED) is 0.570. The molecule has 0 atom stereocenters. The number of piperidine rings is 1. The van der Waals surface area contributed by atoms with Gasteiger partial charge in [-0.15, -0.1) is 0 Å². The number of hydrogen-bond acceptors (Lipinski definition) is 4. The van der Waals surface area contributed by atoms with Crippen molar-refractivity contribution in [2.75, 3.05) is 20.1 Å². The molecule has 1 saturated heterocycles. The molecule has 0 radical (unpaired) electrons. The number of likely N-dealkylation sites (tertiary alicyclic amines) is 1. The van der Waals surface area contributed by atoms with Crippen molar-refractivity contribution >= 4 is 16.6 Å². The molecule has 5 rings (SSSR count). The zero-order chi connectivity index (χ0) is 20.1. The number of aromatic nitrogens is 4. The van der Waals surface area contributed by atoms with Crippen molar-refractivity contribution in [2.45, 2.75) is 32.6 Å². The molecule has 4 aromatic rings. The van der Waals surface area contributed by atoms with E-state index >= 15 is 0 Å². The van der Waals surface area contributed by atoms with Crippen molar-refractivity contribution in [3.05, 3.63) is 64.1 Å². The highest BCUT2D eigenvalue weighted by Gasteiger charge is 2.21. The number of pyridine rings is 1. The van der Waals surface area contributed by atoms with Crippen molar-refractivity contribution in [1.82, 2.24) is 24.3 Å². The lowest BCUT2D eigenvalue weighted by Gasteiger charge is -2.28. The van der Waals surface area contributed by atoms with Crippen molar-refractivity contribution in [3.8, 4) is 11.1 Å². The second-order valence-electron chi connectivity index (χ2n) is 8.28. The largest absolute Gasteiger partial charge is 0.310 e. The van der Waals surface area contributed by atoms with Crippen molar-refractivity contribution in [3.63, 3.8) is 0 Å². The number of hydrogen-bond donors (Lipinski definition) is 1. The fraction of sp³-hybridized carbons (Fsp3) is 0.348. The highest BCUT2D eigenvalue weighted by molar-refractivity contribution is 5.86. The van der Waals surface area contributed by atoms with E-state index in [2.05, 4.69) is 40.2 Å². The summed E-state index contributed by atoms with van der Waals surface area (Å²) in [5.74, 6) is 1.16. The third-order valence-corrected chi connectivity index (χ3v) is 6.03. The standard InChI is InChI=1S/C23H25N5O/c1-14-10-18(17-4-5-20-24-15(2)12-28(20)13-17)11-19-21(14)25-22(26-23(19)29)16-6-8-27(3)9-7-16/h4-5,10-13,16H,6-9H2,1-3H3,(H,25,26,29). The topological polar surface area (TPSA) is 66.3 Å². The Bertz CT molecular complexity index is 1280. The smallest absolute Gasteiger partial charge is 0.258 e. The molecule has 0 spiro atoms. The molecule has 4 heterocycles. The second-order valence-corrected chi connectivity index (χ2v) is 8.28. The number of aryl methyl sites for hydroxylation is 2. The Balaban J connectivity index is 1.59. The minimum absolute atomic E-state index is 0.0477. The van der Waals surface area contributed by atoms with Gasteiger partial charge in [0, 0.05) is 18.3 Å². The van der Waals surface area contributed by atoms with Crippen LogP contribution in [0.1, 0.15) is 35.8 Å². The number of imidazole rings is 1. The van der Waals surface area contributed by atoms with Gasteiger partial charge >= 0.3 is 0 Å². The summed E-state index contributed by atoms with van der Waals surface area (Å²) in [6, 6.07) is 8.14. The van der Waals surface area contributed by atoms with Crippen LogP contribution in [0, 0.1) is 13.8 Å². The third-order valence-electron chi connectivity index (χ3n) is 6.03. The third kappa shape index (κ3) is 3.23. The molecule has 1 aliphatic heterocycles. The summed E-state index contributed by atoms with van der Waals surface area (Å²) in [4.78, 5) is 27.7. The summed E-state index contributed by atoms with van der Waals surface area (Å²) in [7, 11) is 2.14. The van der Waals surface area contributed by atoms with Crippen LogP contribution in [0.2, 0.25) is 0 Å². The van der Waals surface area contributed by atoms with Gasteiger partial charge in [-0.05, 0) is 87.8 Å². The van der Waals surface area contributed by atoms with Gasteiger partial charge in [-0.2, -0.15) is 0 Å². The lowest BCUT2D eigenvalue weighted by atomic mass is 9.95. The normalized spacial score (nSPS) is 16.1. The van der Waals surface area contributed by atoms with Gasteiger partial charge in [0.15, 0.2) is 0 Å². The lowest BCUT2D eigenvalue weighted by molar-refractivity contribution is 0.251. The van der Waals surface area contributed by atoms with E-state index in [-0.39, 0.29) is 5.56 Å². The molecule has 1 aromatic carbocycles. The molecular formula is C23H25N5O. The van der Waals surface area contributed by atoms with Crippen LogP contribution >= 0.6 is 0 Å². The molecular weight excluding hydrogens is 362 g/mol. The molecule has 148 valence electrons. The second kappa shape index (κ2) is 6.81. The minimum atomic E-state index is -0.0477. The van der Waals surface area contributed by atoms with Gasteiger partial charge in [0.25, 0.3) is 5.56 Å². The zero-order valence-electron chi connectivity index (χ0n) is 17.1. The van der Waals surface area contributed by atoms with Crippen LogP contribution in [0.5, 0.6) is 0 Å². The molecule has 6 nitrogen and oxygen atoms in total. The highest BCUT2D eigenvalue weighted by atomic mass is 16.1. The van der Waals surface area contributed by atoms with E-state index in [1.807, 2.05) is 36.6 Å². The van der Waals surface area contributed by atoms with Crippen LogP contribution in [-0.2, 0) is 0 Å². The number of fused-ring (bicyclic) bond motifs is 2. The van der Waals surface area contributed by atoms with Gasteiger partial charge in [0.05, 0.1) is 16.6 Å². The molecule has 29 heavy (non-hydrogen) atoms. The Morgan fingerprint density at radius 1 is 1.03 bits per heavy atom. The van der Waals surface area contributed by atoms with E-state index in [0.717, 1.165) is 65.3 Å². The van der Waals surface area contributed by atoms with Crippen LogP contribution in [-0.4, -0.2) is 44.4 Å². The molecule has 0 aliphatic carbocycles. The predicted molar refractivity (Wildman–Crippen MR) is 115 cm³/mol. The van der Waals surface area contributed by atoms with Crippen LogP contribution in [0.25, 0.3) is 27.7 Å². The zero-order valence-corrected chi connectivity index (χ0v) is 17.1. The van der Waals surface area contributed by atoms with Gasteiger partial charge in [0.1, 0.15) is 11.5 Å². The summed E-state index contributed by atoms with van der Waals surface area (Å²) in [6.07, 6.45) is 6.14. The maximum absolute atomic E-state index is 12.9. The first-order valence-corrected chi connectivity index (χ1v) is 10.2. The van der Waals surface area contributed by atoms with E-state index in [0.29, 0.717) is 11.3 Å². The predicted octanol–water partition coefficient (Wildman–Crippen LogP) is 3.66. The Kier molecular flexibility index (Phi) is 4.24. The average Bonchev–Trinajstić information content (AvgIpc) is 3.08. The van der Waals surface area contributed by atoms with Crippen molar-refractivity contribution in [2.24, 2.45) is 0 Å². The molecule has 6 heteroatoms. The molecule has 1 aliphatic rings. The monoisotopic (exact) mass is 387 g/mol. The molecule has 1 fully saturated rings. The van der Waals surface area contributed by atoms with E-state index in [9.17, 15) is 4.79 Å². The molecule has 0 bridgehead atoms.